The van der Waals surface area contributed by atoms with Crippen LogP contribution >= 0.6 is 0 Å². The second kappa shape index (κ2) is 6.46. The molecule has 0 unspecified atom stereocenters. The maximum absolute atomic E-state index is 13.3. The molecule has 2 bridgehead atoms. The smallest absolute Gasteiger partial charge is 0.388 e. The second-order valence-corrected chi connectivity index (χ2v) is 7.03. The lowest BCUT2D eigenvalue weighted by Crippen LogP contribution is -2.40. The van der Waals surface area contributed by atoms with Crippen LogP contribution in [0.2, 0.25) is 0 Å². The van der Waals surface area contributed by atoms with Crippen LogP contribution in [0.15, 0.2) is 27.4 Å². The number of rotatable bonds is 4. The van der Waals surface area contributed by atoms with Crippen LogP contribution in [0.1, 0.15) is 31.2 Å². The van der Waals surface area contributed by atoms with Crippen molar-refractivity contribution in [2.24, 2.45) is 5.92 Å². The van der Waals surface area contributed by atoms with E-state index >= 15 is 0 Å². The minimum Gasteiger partial charge on any atom is -0.388 e. The monoisotopic (exact) mass is 368 g/mol. The Bertz CT molecular complexity index is 833. The fourth-order valence-electron chi connectivity index (χ4n) is 4.02. The average molecular weight is 368 g/mol. The second-order valence-electron chi connectivity index (χ2n) is 7.03. The number of aromatic amines is 1. The lowest BCUT2D eigenvalue weighted by Gasteiger charge is -2.29. The zero-order valence-electron chi connectivity index (χ0n) is 13.9. The van der Waals surface area contributed by atoms with Crippen LogP contribution in [0.3, 0.4) is 0 Å². The van der Waals surface area contributed by atoms with Gasteiger partial charge in [-0.1, -0.05) is 0 Å². The summed E-state index contributed by atoms with van der Waals surface area (Å²) >= 11 is 0. The van der Waals surface area contributed by atoms with Gasteiger partial charge in [0.1, 0.15) is 0 Å². The number of nitrogens with zero attached hydrogens (tertiary/aromatic N) is 1. The fourth-order valence-corrected chi connectivity index (χ4v) is 4.02. The van der Waals surface area contributed by atoms with Gasteiger partial charge in [-0.2, -0.15) is 13.2 Å². The average Bonchev–Trinajstić information content (AvgIpc) is 3.17. The van der Waals surface area contributed by atoms with Crippen LogP contribution in [0, 0.1) is 5.92 Å². The Labute approximate surface area is 147 Å². The van der Waals surface area contributed by atoms with E-state index in [2.05, 4.69) is 20.8 Å². The van der Waals surface area contributed by atoms with Gasteiger partial charge in [0.25, 0.3) is 0 Å². The Kier molecular flexibility index (Phi) is 4.26. The molecular weight excluding hydrogens is 349 g/mol. The van der Waals surface area contributed by atoms with Crippen LogP contribution in [-0.4, -0.2) is 28.8 Å². The molecule has 2 aliphatic heterocycles. The third-order valence-electron chi connectivity index (χ3n) is 5.16. The molecule has 9 heteroatoms. The molecule has 2 aliphatic rings. The van der Waals surface area contributed by atoms with E-state index in [1.807, 2.05) is 0 Å². The molecule has 0 saturated carbocycles. The molecule has 6 nitrogen and oxygen atoms in total. The number of halogens is 3. The third kappa shape index (κ3) is 3.48. The number of piperidine rings is 1. The van der Waals surface area contributed by atoms with Gasteiger partial charge in [-0.25, -0.2) is 9.89 Å². The van der Waals surface area contributed by atoms with Crippen molar-refractivity contribution in [1.29, 1.82) is 0 Å². The first-order valence-corrected chi connectivity index (χ1v) is 8.65. The summed E-state index contributed by atoms with van der Waals surface area (Å²) in [5.41, 5.74) is -0.452. The number of hydrogen-bond donors (Lipinski definition) is 3. The van der Waals surface area contributed by atoms with E-state index in [4.69, 9.17) is 4.42 Å². The van der Waals surface area contributed by atoms with E-state index in [0.717, 1.165) is 31.7 Å². The molecule has 2 saturated heterocycles. The fraction of sp³-hybridized carbons (Fsp3) is 0.529. The van der Waals surface area contributed by atoms with E-state index < -0.39 is 17.5 Å². The van der Waals surface area contributed by atoms with E-state index in [0.29, 0.717) is 30.1 Å². The Morgan fingerprint density at radius 1 is 1.23 bits per heavy atom. The van der Waals surface area contributed by atoms with Gasteiger partial charge in [0.2, 0.25) is 5.89 Å². The van der Waals surface area contributed by atoms with E-state index in [1.165, 1.54) is 12.1 Å². The Morgan fingerprint density at radius 3 is 2.58 bits per heavy atom. The molecule has 0 amide bonds. The number of hydrogen-bond acceptors (Lipinski definition) is 5. The summed E-state index contributed by atoms with van der Waals surface area (Å²) in [6, 6.07) is 4.52. The zero-order valence-corrected chi connectivity index (χ0v) is 13.9. The van der Waals surface area contributed by atoms with Crippen molar-refractivity contribution in [3.63, 3.8) is 0 Å². The number of aromatic nitrogens is 2. The summed E-state index contributed by atoms with van der Waals surface area (Å²) in [7, 11) is 0. The van der Waals surface area contributed by atoms with E-state index in [9.17, 15) is 18.0 Å². The number of alkyl halides is 3. The third-order valence-corrected chi connectivity index (χ3v) is 5.16. The van der Waals surface area contributed by atoms with Gasteiger partial charge >= 0.3 is 11.9 Å². The van der Waals surface area contributed by atoms with E-state index in [-0.39, 0.29) is 11.6 Å². The number of nitrogens with one attached hydrogen (secondary N) is 3. The maximum atomic E-state index is 13.3. The molecule has 2 fully saturated rings. The largest absolute Gasteiger partial charge is 0.434 e. The molecule has 3 N–H and O–H groups in total. The summed E-state index contributed by atoms with van der Waals surface area (Å²) in [4.78, 5) is 11.1. The number of benzene rings is 1. The highest BCUT2D eigenvalue weighted by Crippen LogP contribution is 2.38. The Balaban J connectivity index is 1.56. The highest BCUT2D eigenvalue weighted by Gasteiger charge is 2.35. The molecule has 0 aliphatic carbocycles. The zero-order chi connectivity index (χ0) is 18.3. The van der Waals surface area contributed by atoms with Crippen LogP contribution in [-0.2, 0) is 6.18 Å². The predicted octanol–water partition coefficient (Wildman–Crippen LogP) is 2.99. The van der Waals surface area contributed by atoms with Crippen LogP contribution < -0.4 is 16.4 Å². The molecule has 140 valence electrons. The normalized spacial score (nSPS) is 25.4. The van der Waals surface area contributed by atoms with Crippen molar-refractivity contribution in [3.8, 4) is 11.5 Å². The molecule has 1 aromatic carbocycles. The number of fused-ring (bicyclic) bond motifs is 2. The standard InChI is InChI=1S/C17H19F3N4O2/c18-17(19,20)13-4-1-10(15-23-24-16(25)26-15)7-14(13)21-8-9-5-11-2-3-12(6-9)22-11/h1,4,7,9,11-12,21-22H,2-3,5-6,8H2,(H,24,25)/t9-,11+,12-. The van der Waals surface area contributed by atoms with Gasteiger partial charge in [-0.3, -0.25) is 0 Å². The minimum atomic E-state index is -4.47. The lowest BCUT2D eigenvalue weighted by molar-refractivity contribution is -0.136. The molecule has 0 spiro atoms. The summed E-state index contributed by atoms with van der Waals surface area (Å²) in [6.45, 7) is 0.478. The molecule has 1 aromatic heterocycles. The van der Waals surface area contributed by atoms with Crippen molar-refractivity contribution in [2.75, 3.05) is 11.9 Å². The van der Waals surface area contributed by atoms with Crippen LogP contribution in [0.4, 0.5) is 18.9 Å². The SMILES string of the molecule is O=c1[nH]nc(-c2ccc(C(F)(F)F)c(NC[C@H]3C[C@H]4CC[C@@H](C3)N4)c2)o1. The summed E-state index contributed by atoms with van der Waals surface area (Å²) in [6.07, 6.45) is -0.247. The Morgan fingerprint density at radius 2 is 1.96 bits per heavy atom. The first-order valence-electron chi connectivity index (χ1n) is 8.65. The molecule has 3 atom stereocenters. The van der Waals surface area contributed by atoms with Gasteiger partial charge in [0.05, 0.1) is 5.56 Å². The molecule has 2 aromatic rings. The van der Waals surface area contributed by atoms with Crippen molar-refractivity contribution in [1.82, 2.24) is 15.5 Å². The van der Waals surface area contributed by atoms with E-state index in [1.54, 1.807) is 0 Å². The number of H-pyrrole nitrogens is 1. The summed E-state index contributed by atoms with van der Waals surface area (Å²) in [5, 5.41) is 12.3. The van der Waals surface area contributed by atoms with Crippen LogP contribution in [0.5, 0.6) is 0 Å². The molecule has 3 heterocycles. The van der Waals surface area contributed by atoms with Gasteiger partial charge in [-0.05, 0) is 49.8 Å². The summed E-state index contributed by atoms with van der Waals surface area (Å²) in [5.74, 6) is -0.451. The summed E-state index contributed by atoms with van der Waals surface area (Å²) < 4.78 is 44.9. The first kappa shape index (κ1) is 17.1. The quantitative estimate of drug-likeness (QED) is 0.773. The molecular formula is C17H19F3N4O2. The molecule has 0 radical (unpaired) electrons. The highest BCUT2D eigenvalue weighted by molar-refractivity contribution is 5.65. The van der Waals surface area contributed by atoms with Gasteiger partial charge in [0, 0.05) is 29.9 Å². The topological polar surface area (TPSA) is 83.0 Å². The van der Waals surface area contributed by atoms with Crippen molar-refractivity contribution in [2.45, 2.75) is 43.9 Å². The predicted molar refractivity (Wildman–Crippen MR) is 88.7 cm³/mol. The van der Waals surface area contributed by atoms with Crippen molar-refractivity contribution < 1.29 is 17.6 Å². The van der Waals surface area contributed by atoms with Gasteiger partial charge in [-0.15, -0.1) is 5.10 Å². The maximum Gasteiger partial charge on any atom is 0.434 e. The van der Waals surface area contributed by atoms with Crippen molar-refractivity contribution >= 4 is 5.69 Å². The van der Waals surface area contributed by atoms with Crippen molar-refractivity contribution in [3.05, 3.63) is 34.3 Å². The highest BCUT2D eigenvalue weighted by atomic mass is 19.4. The number of anilines is 1. The van der Waals surface area contributed by atoms with Gasteiger partial charge < -0.3 is 15.1 Å². The lowest BCUT2D eigenvalue weighted by atomic mass is 9.92. The Hall–Kier alpha value is -2.29. The minimum absolute atomic E-state index is 0.0217. The first-order chi connectivity index (χ1) is 12.4. The van der Waals surface area contributed by atoms with Gasteiger partial charge in [0.15, 0.2) is 0 Å². The van der Waals surface area contributed by atoms with Crippen LogP contribution in [0.25, 0.3) is 11.5 Å². The molecule has 4 rings (SSSR count). The molecule has 26 heavy (non-hydrogen) atoms.